The third-order valence-electron chi connectivity index (χ3n) is 4.80. The van der Waals surface area contributed by atoms with Crippen molar-refractivity contribution in [3.05, 3.63) is 29.8 Å². The van der Waals surface area contributed by atoms with Crippen LogP contribution < -0.4 is 5.32 Å². The molecule has 1 aromatic carbocycles. The van der Waals surface area contributed by atoms with E-state index in [9.17, 15) is 9.59 Å². The number of anilines is 1. The molecular weight excluding hydrogens is 320 g/mol. The maximum absolute atomic E-state index is 12.8. The number of hydrogen-bond acceptors (Lipinski definition) is 3. The number of amides is 2. The summed E-state index contributed by atoms with van der Waals surface area (Å²) in [6.07, 6.45) is 0.818. The van der Waals surface area contributed by atoms with Crippen molar-refractivity contribution in [2.24, 2.45) is 5.92 Å². The van der Waals surface area contributed by atoms with E-state index in [1.54, 1.807) is 17.0 Å². The molecule has 24 heavy (non-hydrogen) atoms. The van der Waals surface area contributed by atoms with Crippen molar-refractivity contribution >= 4 is 25.6 Å². The summed E-state index contributed by atoms with van der Waals surface area (Å²) in [5.41, 5.74) is 1.19. The van der Waals surface area contributed by atoms with Crippen molar-refractivity contribution in [3.8, 4) is 0 Å². The average molecular weight is 347 g/mol. The highest BCUT2D eigenvalue weighted by Crippen LogP contribution is 2.32. The number of ether oxygens (including phenoxy) is 1. The molecule has 2 heterocycles. The van der Waals surface area contributed by atoms with Gasteiger partial charge in [-0.05, 0) is 24.6 Å². The SMILES string of the molecule is C[Si](C)(C)CCOCC1CCN2C(=O)c3ccccc3NC(=O)C12. The lowest BCUT2D eigenvalue weighted by Crippen LogP contribution is -2.44. The number of rotatable bonds is 5. The Morgan fingerprint density at radius 3 is 2.75 bits per heavy atom. The average Bonchev–Trinajstić information content (AvgIpc) is 2.90. The molecule has 0 saturated carbocycles. The maximum Gasteiger partial charge on any atom is 0.256 e. The van der Waals surface area contributed by atoms with Crippen LogP contribution >= 0.6 is 0 Å². The van der Waals surface area contributed by atoms with E-state index in [-0.39, 0.29) is 17.7 Å². The van der Waals surface area contributed by atoms with Crippen molar-refractivity contribution in [1.82, 2.24) is 4.90 Å². The Hall–Kier alpha value is -1.66. The minimum atomic E-state index is -1.11. The fourth-order valence-electron chi connectivity index (χ4n) is 3.37. The van der Waals surface area contributed by atoms with E-state index >= 15 is 0 Å². The Kier molecular flexibility index (Phi) is 4.78. The van der Waals surface area contributed by atoms with Gasteiger partial charge < -0.3 is 15.0 Å². The van der Waals surface area contributed by atoms with E-state index in [4.69, 9.17) is 4.74 Å². The summed E-state index contributed by atoms with van der Waals surface area (Å²) in [6, 6.07) is 7.92. The first-order valence-corrected chi connectivity index (χ1v) is 12.4. The second-order valence-electron chi connectivity index (χ2n) is 7.91. The van der Waals surface area contributed by atoms with Crippen molar-refractivity contribution in [2.45, 2.75) is 38.1 Å². The summed E-state index contributed by atoms with van der Waals surface area (Å²) < 4.78 is 5.86. The van der Waals surface area contributed by atoms with Gasteiger partial charge in [0.15, 0.2) is 0 Å². The second kappa shape index (κ2) is 6.68. The lowest BCUT2D eigenvalue weighted by atomic mass is 10.0. The molecular formula is C18H26N2O3Si. The quantitative estimate of drug-likeness (QED) is 0.659. The smallest absolute Gasteiger partial charge is 0.256 e. The largest absolute Gasteiger partial charge is 0.381 e. The molecule has 0 aliphatic carbocycles. The van der Waals surface area contributed by atoms with Gasteiger partial charge in [-0.25, -0.2) is 0 Å². The van der Waals surface area contributed by atoms with E-state index < -0.39 is 14.1 Å². The van der Waals surface area contributed by atoms with Crippen LogP contribution in [0.4, 0.5) is 5.69 Å². The van der Waals surface area contributed by atoms with Gasteiger partial charge >= 0.3 is 0 Å². The summed E-state index contributed by atoms with van der Waals surface area (Å²) in [5, 5.41) is 2.92. The Labute approximate surface area is 144 Å². The van der Waals surface area contributed by atoms with Crippen LogP contribution in [0.3, 0.4) is 0 Å². The second-order valence-corrected chi connectivity index (χ2v) is 13.5. The molecule has 2 aliphatic heterocycles. The van der Waals surface area contributed by atoms with Crippen LogP contribution in [0.2, 0.25) is 25.7 Å². The Morgan fingerprint density at radius 1 is 1.25 bits per heavy atom. The number of fused-ring (bicyclic) bond motifs is 2. The van der Waals surface area contributed by atoms with Gasteiger partial charge in [-0.15, -0.1) is 0 Å². The lowest BCUT2D eigenvalue weighted by molar-refractivity contribution is -0.121. The lowest BCUT2D eigenvalue weighted by Gasteiger charge is -2.24. The van der Waals surface area contributed by atoms with Crippen LogP contribution in [0.1, 0.15) is 16.8 Å². The number of benzene rings is 1. The topological polar surface area (TPSA) is 58.6 Å². The van der Waals surface area contributed by atoms with E-state index in [1.807, 2.05) is 12.1 Å². The number of nitrogens with zero attached hydrogens (tertiary/aromatic N) is 1. The zero-order valence-corrected chi connectivity index (χ0v) is 15.7. The summed E-state index contributed by atoms with van der Waals surface area (Å²) in [7, 11) is -1.11. The monoisotopic (exact) mass is 346 g/mol. The van der Waals surface area contributed by atoms with Crippen molar-refractivity contribution in [1.29, 1.82) is 0 Å². The van der Waals surface area contributed by atoms with Crippen LogP contribution in [0.15, 0.2) is 24.3 Å². The molecule has 6 heteroatoms. The van der Waals surface area contributed by atoms with E-state index in [1.165, 1.54) is 0 Å². The van der Waals surface area contributed by atoms with Crippen LogP contribution in [0, 0.1) is 5.92 Å². The minimum absolute atomic E-state index is 0.0569. The predicted molar refractivity (Wildman–Crippen MR) is 97.0 cm³/mol. The standard InChI is InChI=1S/C18H26N2O3Si/c1-24(2,3)11-10-23-12-13-8-9-20-16(13)17(21)19-15-7-5-4-6-14(15)18(20)22/h4-7,13,16H,8-12H2,1-3H3,(H,19,21). The molecule has 0 bridgehead atoms. The number of carbonyl (C=O) groups excluding carboxylic acids is 2. The molecule has 2 aliphatic rings. The number of para-hydroxylation sites is 1. The number of nitrogens with one attached hydrogen (secondary N) is 1. The fraction of sp³-hybridized carbons (Fsp3) is 0.556. The molecule has 2 atom stereocenters. The van der Waals surface area contributed by atoms with Crippen LogP contribution in [0.25, 0.3) is 0 Å². The highest BCUT2D eigenvalue weighted by atomic mass is 28.3. The van der Waals surface area contributed by atoms with Crippen LogP contribution in [0.5, 0.6) is 0 Å². The van der Waals surface area contributed by atoms with Gasteiger partial charge in [0.1, 0.15) is 6.04 Å². The molecule has 1 saturated heterocycles. The highest BCUT2D eigenvalue weighted by Gasteiger charge is 2.44. The van der Waals surface area contributed by atoms with Gasteiger partial charge in [-0.3, -0.25) is 9.59 Å². The minimum Gasteiger partial charge on any atom is -0.381 e. The molecule has 2 unspecified atom stereocenters. The third-order valence-corrected chi connectivity index (χ3v) is 6.50. The Balaban J connectivity index is 1.68. The van der Waals surface area contributed by atoms with E-state index in [2.05, 4.69) is 25.0 Å². The molecule has 1 aromatic rings. The van der Waals surface area contributed by atoms with Crippen LogP contribution in [-0.2, 0) is 9.53 Å². The number of hydrogen-bond donors (Lipinski definition) is 1. The predicted octanol–water partition coefficient (Wildman–Crippen LogP) is 2.82. The number of carbonyl (C=O) groups is 2. The molecule has 0 aromatic heterocycles. The van der Waals surface area contributed by atoms with Gasteiger partial charge in [0.2, 0.25) is 5.91 Å². The third kappa shape index (κ3) is 3.54. The molecule has 5 nitrogen and oxygen atoms in total. The molecule has 1 fully saturated rings. The normalized spacial score (nSPS) is 23.5. The molecule has 0 radical (unpaired) electrons. The molecule has 0 spiro atoms. The zero-order valence-electron chi connectivity index (χ0n) is 14.7. The van der Waals surface area contributed by atoms with Crippen molar-refractivity contribution < 1.29 is 14.3 Å². The first kappa shape index (κ1) is 17.2. The molecule has 2 amide bonds. The summed E-state index contributed by atoms with van der Waals surface area (Å²) >= 11 is 0. The Bertz CT molecular complexity index is 641. The Morgan fingerprint density at radius 2 is 2.00 bits per heavy atom. The van der Waals surface area contributed by atoms with Crippen molar-refractivity contribution in [3.63, 3.8) is 0 Å². The first-order chi connectivity index (χ1) is 11.4. The fourth-order valence-corrected chi connectivity index (χ4v) is 4.12. The van der Waals surface area contributed by atoms with Crippen molar-refractivity contribution in [2.75, 3.05) is 25.1 Å². The molecule has 130 valence electrons. The zero-order chi connectivity index (χ0) is 17.3. The van der Waals surface area contributed by atoms with Crippen LogP contribution in [-0.4, -0.2) is 50.6 Å². The first-order valence-electron chi connectivity index (χ1n) is 8.65. The van der Waals surface area contributed by atoms with E-state index in [0.717, 1.165) is 19.1 Å². The van der Waals surface area contributed by atoms with Gasteiger partial charge in [0, 0.05) is 27.1 Å². The molecule has 1 N–H and O–H groups in total. The highest BCUT2D eigenvalue weighted by molar-refractivity contribution is 6.76. The summed E-state index contributed by atoms with van der Waals surface area (Å²) in [4.78, 5) is 27.1. The van der Waals surface area contributed by atoms with Gasteiger partial charge in [-0.2, -0.15) is 0 Å². The molecule has 3 rings (SSSR count). The maximum atomic E-state index is 12.8. The van der Waals surface area contributed by atoms with Gasteiger partial charge in [0.25, 0.3) is 5.91 Å². The summed E-state index contributed by atoms with van der Waals surface area (Å²) in [6.45, 7) is 8.87. The van der Waals surface area contributed by atoms with Gasteiger partial charge in [-0.1, -0.05) is 31.8 Å². The van der Waals surface area contributed by atoms with Gasteiger partial charge in [0.05, 0.1) is 17.9 Å². The summed E-state index contributed by atoms with van der Waals surface area (Å²) in [5.74, 6) is -0.0759. The van der Waals surface area contributed by atoms with E-state index in [0.29, 0.717) is 24.4 Å².